The minimum atomic E-state index is -0.745. The Morgan fingerprint density at radius 3 is 2.90 bits per heavy atom. The van der Waals surface area contributed by atoms with Gasteiger partial charge in [-0.3, -0.25) is 10.1 Å². The minimum Gasteiger partial charge on any atom is -0.469 e. The Morgan fingerprint density at radius 2 is 2.30 bits per heavy atom. The van der Waals surface area contributed by atoms with E-state index in [0.29, 0.717) is 19.7 Å². The van der Waals surface area contributed by atoms with Gasteiger partial charge in [0.25, 0.3) is 0 Å². The van der Waals surface area contributed by atoms with Gasteiger partial charge in [-0.15, -0.1) is 0 Å². The Morgan fingerprint density at radius 1 is 1.55 bits per heavy atom. The topological polar surface area (TPSA) is 97.4 Å². The second-order valence-electron chi connectivity index (χ2n) is 4.12. The maximum absolute atomic E-state index is 10.9. The number of methoxy groups -OCH3 is 1. The van der Waals surface area contributed by atoms with Gasteiger partial charge in [0.1, 0.15) is 6.07 Å². The van der Waals surface area contributed by atoms with Crippen LogP contribution >= 0.6 is 0 Å². The molecule has 1 aromatic carbocycles. The fourth-order valence-corrected chi connectivity index (χ4v) is 1.54. The summed E-state index contributed by atoms with van der Waals surface area (Å²) in [5.74, 6) is 0.107. The van der Waals surface area contributed by atoms with Crippen molar-refractivity contribution in [3.63, 3.8) is 0 Å². The van der Waals surface area contributed by atoms with Crippen LogP contribution in [0.15, 0.2) is 18.2 Å². The number of nitriles is 1. The number of nitrogens with zero attached hydrogens (tertiary/aromatic N) is 2. The molecular formula is C13H17N3O4. The third kappa shape index (κ3) is 4.84. The van der Waals surface area contributed by atoms with E-state index in [-0.39, 0.29) is 11.4 Å². The van der Waals surface area contributed by atoms with E-state index in [4.69, 9.17) is 14.7 Å². The van der Waals surface area contributed by atoms with Gasteiger partial charge in [0, 0.05) is 26.3 Å². The minimum absolute atomic E-state index is 0.107. The number of benzene rings is 1. The van der Waals surface area contributed by atoms with Gasteiger partial charge in [0.2, 0.25) is 0 Å². The van der Waals surface area contributed by atoms with Crippen LogP contribution in [0.1, 0.15) is 12.5 Å². The van der Waals surface area contributed by atoms with E-state index >= 15 is 0 Å². The maximum Gasteiger partial charge on any atom is 0.310 e. The standard InChI is InChI=1S/C13H17N3O4/c1-10(8-14)20-13-7-11(9-15-5-6-19-2)3-4-12(13)16(17)18/h3-4,7,10,15H,5-6,9H2,1-2H3. The van der Waals surface area contributed by atoms with Crippen molar-refractivity contribution in [1.82, 2.24) is 5.32 Å². The zero-order chi connectivity index (χ0) is 15.0. The maximum atomic E-state index is 10.9. The Hall–Kier alpha value is -2.17. The first-order valence-corrected chi connectivity index (χ1v) is 6.11. The first-order valence-electron chi connectivity index (χ1n) is 6.11. The average molecular weight is 279 g/mol. The average Bonchev–Trinajstić information content (AvgIpc) is 2.43. The van der Waals surface area contributed by atoms with Gasteiger partial charge in [-0.1, -0.05) is 6.07 Å². The molecule has 0 heterocycles. The van der Waals surface area contributed by atoms with E-state index in [1.807, 2.05) is 6.07 Å². The molecule has 7 nitrogen and oxygen atoms in total. The molecule has 1 N–H and O–H groups in total. The monoisotopic (exact) mass is 279 g/mol. The summed E-state index contributed by atoms with van der Waals surface area (Å²) in [6.07, 6.45) is -0.745. The number of rotatable bonds is 8. The second kappa shape index (κ2) is 8.09. The Balaban J connectivity index is 2.82. The predicted octanol–water partition coefficient (Wildman–Crippen LogP) is 1.62. The van der Waals surface area contributed by atoms with Gasteiger partial charge in [0.05, 0.1) is 11.5 Å². The van der Waals surface area contributed by atoms with Crippen molar-refractivity contribution in [3.8, 4) is 11.8 Å². The molecule has 108 valence electrons. The highest BCUT2D eigenvalue weighted by Crippen LogP contribution is 2.28. The van der Waals surface area contributed by atoms with Gasteiger partial charge < -0.3 is 14.8 Å². The number of ether oxygens (including phenoxy) is 2. The van der Waals surface area contributed by atoms with Crippen molar-refractivity contribution in [2.75, 3.05) is 20.3 Å². The van der Waals surface area contributed by atoms with Crippen LogP contribution in [0.3, 0.4) is 0 Å². The fourth-order valence-electron chi connectivity index (χ4n) is 1.54. The zero-order valence-corrected chi connectivity index (χ0v) is 11.5. The summed E-state index contributed by atoms with van der Waals surface area (Å²) in [6, 6.07) is 6.49. The molecule has 1 unspecified atom stereocenters. The summed E-state index contributed by atoms with van der Waals surface area (Å²) in [5.41, 5.74) is 0.694. The summed E-state index contributed by atoms with van der Waals surface area (Å²) >= 11 is 0. The van der Waals surface area contributed by atoms with Gasteiger partial charge >= 0.3 is 5.69 Å². The molecule has 0 aliphatic rings. The van der Waals surface area contributed by atoms with Gasteiger partial charge in [-0.25, -0.2) is 0 Å². The molecule has 1 rings (SSSR count). The van der Waals surface area contributed by atoms with Gasteiger partial charge in [-0.05, 0) is 18.6 Å². The number of nitro groups is 1. The molecule has 0 spiro atoms. The molecule has 7 heteroatoms. The van der Waals surface area contributed by atoms with Crippen molar-refractivity contribution < 1.29 is 14.4 Å². The molecule has 20 heavy (non-hydrogen) atoms. The highest BCUT2D eigenvalue weighted by Gasteiger charge is 2.17. The number of hydrogen-bond donors (Lipinski definition) is 1. The highest BCUT2D eigenvalue weighted by molar-refractivity contribution is 5.48. The van der Waals surface area contributed by atoms with E-state index in [0.717, 1.165) is 5.56 Å². The number of nitrogens with one attached hydrogen (secondary N) is 1. The Labute approximate surface area is 117 Å². The third-order valence-electron chi connectivity index (χ3n) is 2.52. The lowest BCUT2D eigenvalue weighted by Gasteiger charge is -2.10. The van der Waals surface area contributed by atoms with E-state index in [9.17, 15) is 10.1 Å². The van der Waals surface area contributed by atoms with Crippen LogP contribution in [0.25, 0.3) is 0 Å². The Kier molecular flexibility index (Phi) is 6.43. The molecule has 1 aromatic rings. The molecule has 0 aliphatic heterocycles. The van der Waals surface area contributed by atoms with Gasteiger partial charge in [-0.2, -0.15) is 5.26 Å². The lowest BCUT2D eigenvalue weighted by Crippen LogP contribution is -2.18. The first kappa shape index (κ1) is 15.9. The molecule has 0 saturated carbocycles. The molecule has 0 bridgehead atoms. The smallest absolute Gasteiger partial charge is 0.310 e. The van der Waals surface area contributed by atoms with Crippen molar-refractivity contribution in [3.05, 3.63) is 33.9 Å². The van der Waals surface area contributed by atoms with Crippen LogP contribution in [-0.4, -0.2) is 31.3 Å². The molecule has 0 fully saturated rings. The number of hydrogen-bond acceptors (Lipinski definition) is 6. The number of nitro benzene ring substituents is 1. The normalized spacial score (nSPS) is 11.7. The van der Waals surface area contributed by atoms with E-state index < -0.39 is 11.0 Å². The van der Waals surface area contributed by atoms with Crippen molar-refractivity contribution in [2.45, 2.75) is 19.6 Å². The summed E-state index contributed by atoms with van der Waals surface area (Å²) in [5, 5.41) is 22.8. The van der Waals surface area contributed by atoms with Crippen LogP contribution in [-0.2, 0) is 11.3 Å². The zero-order valence-electron chi connectivity index (χ0n) is 11.5. The molecule has 0 aliphatic carbocycles. The van der Waals surface area contributed by atoms with Crippen LogP contribution in [0.4, 0.5) is 5.69 Å². The lowest BCUT2D eigenvalue weighted by molar-refractivity contribution is -0.386. The predicted molar refractivity (Wildman–Crippen MR) is 72.4 cm³/mol. The van der Waals surface area contributed by atoms with E-state index in [2.05, 4.69) is 5.32 Å². The van der Waals surface area contributed by atoms with E-state index in [1.54, 1.807) is 19.2 Å². The SMILES string of the molecule is COCCNCc1ccc([N+](=O)[O-])c(OC(C)C#N)c1. The summed E-state index contributed by atoms with van der Waals surface area (Å²) in [6.45, 7) is 3.34. The quantitative estimate of drug-likeness (QED) is 0.441. The molecular weight excluding hydrogens is 262 g/mol. The second-order valence-corrected chi connectivity index (χ2v) is 4.12. The fraction of sp³-hybridized carbons (Fsp3) is 0.462. The van der Waals surface area contributed by atoms with E-state index in [1.165, 1.54) is 13.0 Å². The lowest BCUT2D eigenvalue weighted by atomic mass is 10.2. The van der Waals surface area contributed by atoms with Gasteiger partial charge in [0.15, 0.2) is 11.9 Å². The first-order chi connectivity index (χ1) is 9.58. The van der Waals surface area contributed by atoms with Crippen molar-refractivity contribution in [2.24, 2.45) is 0 Å². The van der Waals surface area contributed by atoms with Crippen LogP contribution < -0.4 is 10.1 Å². The van der Waals surface area contributed by atoms with Crippen LogP contribution in [0.2, 0.25) is 0 Å². The van der Waals surface area contributed by atoms with Crippen LogP contribution in [0, 0.1) is 21.4 Å². The van der Waals surface area contributed by atoms with Crippen molar-refractivity contribution >= 4 is 5.69 Å². The summed E-state index contributed by atoms with van der Waals surface area (Å²) in [4.78, 5) is 10.4. The molecule has 0 radical (unpaired) electrons. The van der Waals surface area contributed by atoms with Crippen LogP contribution in [0.5, 0.6) is 5.75 Å². The largest absolute Gasteiger partial charge is 0.469 e. The third-order valence-corrected chi connectivity index (χ3v) is 2.52. The molecule has 0 amide bonds. The summed E-state index contributed by atoms with van der Waals surface area (Å²) < 4.78 is 10.2. The van der Waals surface area contributed by atoms with Crippen molar-refractivity contribution in [1.29, 1.82) is 5.26 Å². The molecule has 1 atom stereocenters. The molecule has 0 aromatic heterocycles. The highest BCUT2D eigenvalue weighted by atomic mass is 16.6. The Bertz CT molecular complexity index is 499. The summed E-state index contributed by atoms with van der Waals surface area (Å²) in [7, 11) is 1.61. The molecule has 0 saturated heterocycles.